The fourth-order valence-electron chi connectivity index (χ4n) is 9.91. The van der Waals surface area contributed by atoms with Gasteiger partial charge in [-0.05, 0) is 70.3 Å². The van der Waals surface area contributed by atoms with Crippen LogP contribution in [0, 0.1) is 0 Å². The summed E-state index contributed by atoms with van der Waals surface area (Å²) < 4.78 is 30.4. The van der Waals surface area contributed by atoms with Crippen LogP contribution in [0.25, 0.3) is 0 Å². The maximum absolute atomic E-state index is 13.6. The monoisotopic (exact) mass is 1150 g/mol. The van der Waals surface area contributed by atoms with Crippen LogP contribution < -0.4 is 10.2 Å². The van der Waals surface area contributed by atoms with Gasteiger partial charge in [-0.2, -0.15) is 0 Å². The van der Waals surface area contributed by atoms with Crippen molar-refractivity contribution in [1.29, 1.82) is 0 Å². The van der Waals surface area contributed by atoms with Gasteiger partial charge in [0.15, 0.2) is 0 Å². The van der Waals surface area contributed by atoms with E-state index in [1.54, 1.807) is 0 Å². The maximum atomic E-state index is 13.6. The first-order chi connectivity index (χ1) is 39.4. The zero-order valence-corrected chi connectivity index (χ0v) is 54.9. The van der Waals surface area contributed by atoms with E-state index in [1.165, 1.54) is 199 Å². The molecule has 81 heavy (non-hydrogen) atoms. The molecule has 0 saturated heterocycles. The third-order valence-electron chi connectivity index (χ3n) is 15.2. The molecule has 0 aromatic carbocycles. The Kier molecular flexibility index (Phi) is 58.7. The summed E-state index contributed by atoms with van der Waals surface area (Å²) >= 11 is 0. The molecule has 1 N–H and O–H groups in total. The van der Waals surface area contributed by atoms with Crippen molar-refractivity contribution in [2.45, 2.75) is 328 Å². The molecule has 1 amide bonds. The number of phosphoric ester groups is 1. The number of rotatable bonds is 62. The Bertz CT molecular complexity index is 1620. The van der Waals surface area contributed by atoms with E-state index in [0.717, 1.165) is 77.0 Å². The fourth-order valence-corrected chi connectivity index (χ4v) is 10.6. The highest BCUT2D eigenvalue weighted by molar-refractivity contribution is 7.45. The van der Waals surface area contributed by atoms with Gasteiger partial charge in [-0.3, -0.25) is 14.2 Å². The molecule has 0 radical (unpaired) electrons. The van der Waals surface area contributed by atoms with E-state index in [4.69, 9.17) is 13.8 Å². The van der Waals surface area contributed by atoms with Crippen LogP contribution in [0.2, 0.25) is 0 Å². The zero-order valence-electron chi connectivity index (χ0n) is 54.0. The van der Waals surface area contributed by atoms with Crippen molar-refractivity contribution in [3.05, 3.63) is 72.9 Å². The molecule has 0 aliphatic rings. The molecule has 0 aromatic heterocycles. The Morgan fingerprint density at radius 2 is 0.802 bits per heavy atom. The number of quaternary nitrogens is 1. The van der Waals surface area contributed by atoms with E-state index in [0.29, 0.717) is 23.9 Å². The van der Waals surface area contributed by atoms with Crippen molar-refractivity contribution in [2.24, 2.45) is 0 Å². The minimum Gasteiger partial charge on any atom is -0.756 e. The smallest absolute Gasteiger partial charge is 0.306 e. The molecule has 0 bridgehead atoms. The molecule has 9 nitrogen and oxygen atoms in total. The van der Waals surface area contributed by atoms with Gasteiger partial charge in [0.1, 0.15) is 19.3 Å². The number of hydrogen-bond acceptors (Lipinski definition) is 7. The second-order valence-electron chi connectivity index (χ2n) is 24.3. The van der Waals surface area contributed by atoms with Gasteiger partial charge in [-0.1, -0.05) is 306 Å². The second-order valence-corrected chi connectivity index (χ2v) is 25.7. The van der Waals surface area contributed by atoms with Gasteiger partial charge in [-0.15, -0.1) is 0 Å². The standard InChI is InChI=1S/C71H131N2O7P/c1-7-10-13-16-19-22-25-28-30-32-33-34-35-36-37-38-39-41-42-45-48-51-54-57-60-63-70(74)72-68(67-79-81(76,77)78-66-65-73(4,5)6)69(62-59-56-53-50-47-44-27-24-21-18-15-12-9-3)80-71(75)64-61-58-55-52-49-46-43-40-31-29-26-23-20-17-14-11-8-2/h11,14,20,23,29,31,43,46,52,55,59,62,68-69H,7-10,12-13,15-19,21-22,24-28,30,32-42,44-45,47-51,53-54,56-58,60-61,63-67H2,1-6H3,(H-,72,74,76,77)/b14-11-,23-20-,31-29-,46-43-,55-52-,62-59-. The summed E-state index contributed by atoms with van der Waals surface area (Å²) in [5.41, 5.74) is 0. The van der Waals surface area contributed by atoms with Crippen LogP contribution in [0.3, 0.4) is 0 Å². The van der Waals surface area contributed by atoms with E-state index in [2.05, 4.69) is 86.8 Å². The Morgan fingerprint density at radius 3 is 1.20 bits per heavy atom. The first-order valence-electron chi connectivity index (χ1n) is 34.2. The predicted molar refractivity (Wildman–Crippen MR) is 348 cm³/mol. The lowest BCUT2D eigenvalue weighted by Gasteiger charge is -2.30. The minimum absolute atomic E-state index is 0.0317. The van der Waals surface area contributed by atoms with Crippen LogP contribution in [0.15, 0.2) is 72.9 Å². The van der Waals surface area contributed by atoms with Gasteiger partial charge in [0.25, 0.3) is 7.82 Å². The number of hydrogen-bond donors (Lipinski definition) is 1. The highest BCUT2D eigenvalue weighted by atomic mass is 31.2. The molecule has 0 aromatic rings. The first kappa shape index (κ1) is 78.5. The average Bonchev–Trinajstić information content (AvgIpc) is 3.44. The van der Waals surface area contributed by atoms with Gasteiger partial charge >= 0.3 is 5.97 Å². The highest BCUT2D eigenvalue weighted by Gasteiger charge is 2.27. The summed E-state index contributed by atoms with van der Waals surface area (Å²) in [7, 11) is 1.16. The van der Waals surface area contributed by atoms with Crippen molar-refractivity contribution in [1.82, 2.24) is 5.32 Å². The maximum Gasteiger partial charge on any atom is 0.306 e. The summed E-state index contributed by atoms with van der Waals surface area (Å²) in [6.07, 6.45) is 79.0. The molecule has 0 fully saturated rings. The van der Waals surface area contributed by atoms with Gasteiger partial charge in [-0.25, -0.2) is 0 Å². The quantitative estimate of drug-likeness (QED) is 0.0212. The van der Waals surface area contributed by atoms with E-state index < -0.39 is 32.5 Å². The topological polar surface area (TPSA) is 114 Å². The molecule has 0 rings (SSSR count). The van der Waals surface area contributed by atoms with Crippen LogP contribution in [-0.2, 0) is 27.9 Å². The number of ether oxygens (including phenoxy) is 1. The average molecular weight is 1160 g/mol. The molecule has 0 saturated carbocycles. The molecule has 0 spiro atoms. The number of phosphoric acid groups is 1. The molecular formula is C71H131N2O7P. The zero-order chi connectivity index (χ0) is 59.3. The van der Waals surface area contributed by atoms with Crippen molar-refractivity contribution >= 4 is 19.7 Å². The second kappa shape index (κ2) is 60.6. The fraction of sp³-hybridized carbons (Fsp3) is 0.803. The van der Waals surface area contributed by atoms with Crippen LogP contribution in [-0.4, -0.2) is 69.4 Å². The van der Waals surface area contributed by atoms with E-state index >= 15 is 0 Å². The third-order valence-corrected chi connectivity index (χ3v) is 16.1. The Balaban J connectivity index is 5.15. The Morgan fingerprint density at radius 1 is 0.444 bits per heavy atom. The molecule has 3 atom stereocenters. The van der Waals surface area contributed by atoms with Crippen molar-refractivity contribution in [3.8, 4) is 0 Å². The van der Waals surface area contributed by atoms with Crippen LogP contribution in [0.4, 0.5) is 0 Å². The third kappa shape index (κ3) is 61.8. The SMILES string of the molecule is CC/C=C\C/C=C\C/C=C\C/C=C\C/C=C\CCCC(=O)OC(/C=C\CCCCCCCCCCCCC)C(COP(=O)([O-])OCC[N+](C)(C)C)NC(=O)CCCCCCCCCCCCCCCCCCCCCCCCCCC. The molecule has 3 unspecified atom stereocenters. The van der Waals surface area contributed by atoms with Gasteiger partial charge in [0.05, 0.1) is 33.8 Å². The van der Waals surface area contributed by atoms with Crippen LogP contribution in [0.1, 0.15) is 316 Å². The van der Waals surface area contributed by atoms with E-state index in [9.17, 15) is 19.0 Å². The van der Waals surface area contributed by atoms with E-state index in [-0.39, 0.29) is 18.9 Å². The van der Waals surface area contributed by atoms with Crippen molar-refractivity contribution in [3.63, 3.8) is 0 Å². The number of nitrogens with one attached hydrogen (secondary N) is 1. The molecule has 0 aliphatic carbocycles. The van der Waals surface area contributed by atoms with E-state index in [1.807, 2.05) is 33.3 Å². The molecule has 0 aliphatic heterocycles. The molecule has 472 valence electrons. The van der Waals surface area contributed by atoms with Crippen LogP contribution >= 0.6 is 7.82 Å². The molecule has 10 heteroatoms. The lowest BCUT2D eigenvalue weighted by Crippen LogP contribution is -2.47. The lowest BCUT2D eigenvalue weighted by atomic mass is 10.0. The summed E-state index contributed by atoms with van der Waals surface area (Å²) in [4.78, 5) is 40.1. The normalized spacial score (nSPS) is 14.0. The summed E-state index contributed by atoms with van der Waals surface area (Å²) in [6, 6.07) is -0.913. The lowest BCUT2D eigenvalue weighted by molar-refractivity contribution is -0.870. The predicted octanol–water partition coefficient (Wildman–Crippen LogP) is 20.9. The largest absolute Gasteiger partial charge is 0.756 e. The first-order valence-corrected chi connectivity index (χ1v) is 35.7. The molecule has 0 heterocycles. The van der Waals surface area contributed by atoms with Gasteiger partial charge in [0, 0.05) is 12.8 Å². The number of unbranched alkanes of at least 4 members (excludes halogenated alkanes) is 36. The number of allylic oxidation sites excluding steroid dienone is 11. The van der Waals surface area contributed by atoms with Gasteiger partial charge in [0.2, 0.25) is 5.91 Å². The highest BCUT2D eigenvalue weighted by Crippen LogP contribution is 2.38. The number of carbonyl (C=O) groups excluding carboxylic acids is 2. The summed E-state index contributed by atoms with van der Waals surface area (Å²) in [5, 5.41) is 3.03. The minimum atomic E-state index is -4.72. The van der Waals surface area contributed by atoms with Crippen molar-refractivity contribution < 1.29 is 37.3 Å². The van der Waals surface area contributed by atoms with Crippen molar-refractivity contribution in [2.75, 3.05) is 40.9 Å². The molecular weight excluding hydrogens is 1020 g/mol. The Labute approximate surface area is 502 Å². The number of carbonyl (C=O) groups is 2. The van der Waals surface area contributed by atoms with Gasteiger partial charge < -0.3 is 28.5 Å². The summed E-state index contributed by atoms with van der Waals surface area (Å²) in [5.74, 6) is -0.599. The number of nitrogens with zero attached hydrogens (tertiary/aromatic N) is 1. The number of esters is 1. The summed E-state index contributed by atoms with van der Waals surface area (Å²) in [6.45, 7) is 6.73. The Hall–Kier alpha value is -2.55. The number of likely N-dealkylation sites (N-methyl/N-ethyl adjacent to an activating group) is 1. The van der Waals surface area contributed by atoms with Crippen LogP contribution in [0.5, 0.6) is 0 Å². The number of amides is 1.